The summed E-state index contributed by atoms with van der Waals surface area (Å²) >= 11 is 0. The van der Waals surface area contributed by atoms with E-state index in [4.69, 9.17) is 9.72 Å². The molecule has 0 N–H and O–H groups in total. The Morgan fingerprint density at radius 1 is 1.14 bits per heavy atom. The fraction of sp³-hybridized carbons (Fsp3) is 0.333. The molecule has 2 heterocycles. The summed E-state index contributed by atoms with van der Waals surface area (Å²) in [6, 6.07) is 14.6. The number of pyridine rings is 1. The lowest BCUT2D eigenvalue weighted by molar-refractivity contribution is -0.139. The molecule has 0 aliphatic carbocycles. The van der Waals surface area contributed by atoms with Crippen molar-refractivity contribution >= 4 is 17.6 Å². The Morgan fingerprint density at radius 2 is 1.89 bits per heavy atom. The molecule has 1 aromatic carbocycles. The molecule has 0 radical (unpaired) electrons. The van der Waals surface area contributed by atoms with Crippen molar-refractivity contribution in [2.75, 3.05) is 26.2 Å². The van der Waals surface area contributed by atoms with Crippen LogP contribution in [0.3, 0.4) is 0 Å². The van der Waals surface area contributed by atoms with Gasteiger partial charge in [-0.05, 0) is 62.7 Å². The van der Waals surface area contributed by atoms with Crippen molar-refractivity contribution in [3.8, 4) is 0 Å². The van der Waals surface area contributed by atoms with Crippen LogP contribution in [0, 0.1) is 6.92 Å². The number of benzene rings is 1. The van der Waals surface area contributed by atoms with Crippen LogP contribution in [0.15, 0.2) is 54.6 Å². The lowest BCUT2D eigenvalue weighted by atomic mass is 10.00. The van der Waals surface area contributed by atoms with Crippen LogP contribution < -0.4 is 0 Å². The van der Waals surface area contributed by atoms with Gasteiger partial charge in [-0.25, -0.2) is 4.98 Å². The molecule has 1 fully saturated rings. The monoisotopic (exact) mass is 376 g/mol. The molecule has 0 unspecified atom stereocenters. The molecule has 146 valence electrons. The van der Waals surface area contributed by atoms with Crippen molar-refractivity contribution in [1.29, 1.82) is 0 Å². The van der Waals surface area contributed by atoms with Gasteiger partial charge < -0.3 is 4.74 Å². The van der Waals surface area contributed by atoms with E-state index in [9.17, 15) is 4.79 Å². The Balaban J connectivity index is 1.84. The summed E-state index contributed by atoms with van der Waals surface area (Å²) in [4.78, 5) is 18.2. The van der Waals surface area contributed by atoms with E-state index in [2.05, 4.69) is 48.2 Å². The number of hydrogen-bond acceptors (Lipinski definition) is 4. The molecule has 1 aliphatic rings. The molecule has 4 nitrogen and oxygen atoms in total. The lowest BCUT2D eigenvalue weighted by Crippen LogP contribution is -2.19. The number of hydrogen-bond donors (Lipinski definition) is 0. The van der Waals surface area contributed by atoms with Gasteiger partial charge in [-0.2, -0.15) is 0 Å². The van der Waals surface area contributed by atoms with Gasteiger partial charge >= 0.3 is 5.97 Å². The highest BCUT2D eigenvalue weighted by molar-refractivity contribution is 5.78. The summed E-state index contributed by atoms with van der Waals surface area (Å²) in [5.41, 5.74) is 5.39. The first-order valence-electron chi connectivity index (χ1n) is 9.89. The van der Waals surface area contributed by atoms with Gasteiger partial charge in [-0.15, -0.1) is 0 Å². The highest BCUT2D eigenvalue weighted by Crippen LogP contribution is 2.23. The number of aryl methyl sites for hydroxylation is 1. The van der Waals surface area contributed by atoms with Crippen LogP contribution in [0.1, 0.15) is 42.3 Å². The zero-order valence-electron chi connectivity index (χ0n) is 16.7. The molecule has 28 heavy (non-hydrogen) atoms. The molecule has 1 aromatic heterocycles. The van der Waals surface area contributed by atoms with E-state index in [0.717, 1.165) is 23.5 Å². The zero-order valence-corrected chi connectivity index (χ0v) is 16.7. The summed E-state index contributed by atoms with van der Waals surface area (Å²) in [6.07, 6.45) is 8.57. The molecule has 0 spiro atoms. The van der Waals surface area contributed by atoms with Crippen LogP contribution in [0.4, 0.5) is 0 Å². The molecule has 0 saturated carbocycles. The molecular formula is C24H28N2O2. The van der Waals surface area contributed by atoms with Gasteiger partial charge in [0.1, 0.15) is 6.61 Å². The molecule has 2 aromatic rings. The van der Waals surface area contributed by atoms with E-state index in [1.807, 2.05) is 24.3 Å². The first-order valence-corrected chi connectivity index (χ1v) is 9.89. The average Bonchev–Trinajstić information content (AvgIpc) is 3.21. The fourth-order valence-electron chi connectivity index (χ4n) is 3.32. The van der Waals surface area contributed by atoms with E-state index in [0.29, 0.717) is 0 Å². The maximum absolute atomic E-state index is 10.9. The number of esters is 1. The zero-order chi connectivity index (χ0) is 19.8. The molecule has 0 bridgehead atoms. The van der Waals surface area contributed by atoms with E-state index in [1.165, 1.54) is 44.0 Å². The Labute approximate surface area is 167 Å². The highest BCUT2D eigenvalue weighted by atomic mass is 16.5. The van der Waals surface area contributed by atoms with Gasteiger partial charge in [-0.3, -0.25) is 9.69 Å². The van der Waals surface area contributed by atoms with E-state index < -0.39 is 0 Å². The number of ether oxygens (including phenoxy) is 1. The van der Waals surface area contributed by atoms with Crippen molar-refractivity contribution in [3.05, 3.63) is 77.1 Å². The second-order valence-electron chi connectivity index (χ2n) is 7.14. The topological polar surface area (TPSA) is 42.4 Å². The fourth-order valence-corrected chi connectivity index (χ4v) is 3.32. The second kappa shape index (κ2) is 10.00. The minimum Gasteiger partial charge on any atom is -0.462 e. The maximum Gasteiger partial charge on any atom is 0.302 e. The molecule has 0 atom stereocenters. The summed E-state index contributed by atoms with van der Waals surface area (Å²) in [5.74, 6) is -0.280. The molecular weight excluding hydrogens is 348 g/mol. The lowest BCUT2D eigenvalue weighted by Gasteiger charge is -2.14. The van der Waals surface area contributed by atoms with Crippen molar-refractivity contribution in [1.82, 2.24) is 9.88 Å². The maximum atomic E-state index is 10.9. The summed E-state index contributed by atoms with van der Waals surface area (Å²) in [6.45, 7) is 7.05. The van der Waals surface area contributed by atoms with E-state index in [-0.39, 0.29) is 12.6 Å². The Kier molecular flexibility index (Phi) is 7.15. The number of carbonyl (C=O) groups is 1. The Hall–Kier alpha value is -2.72. The normalized spacial score (nSPS) is 15.3. The van der Waals surface area contributed by atoms with Crippen LogP contribution in [0.25, 0.3) is 11.6 Å². The Morgan fingerprint density at radius 3 is 2.61 bits per heavy atom. The quantitative estimate of drug-likeness (QED) is 0.668. The van der Waals surface area contributed by atoms with Crippen molar-refractivity contribution < 1.29 is 9.53 Å². The van der Waals surface area contributed by atoms with Crippen molar-refractivity contribution in [2.45, 2.75) is 26.7 Å². The van der Waals surface area contributed by atoms with Gasteiger partial charge in [0.2, 0.25) is 0 Å². The average molecular weight is 377 g/mol. The number of nitrogens with zero attached hydrogens (tertiary/aromatic N) is 2. The van der Waals surface area contributed by atoms with E-state index in [1.54, 1.807) is 0 Å². The van der Waals surface area contributed by atoms with Gasteiger partial charge in [0.15, 0.2) is 0 Å². The Bertz CT molecular complexity index is 847. The predicted octanol–water partition coefficient (Wildman–Crippen LogP) is 4.49. The first kappa shape index (κ1) is 20.0. The molecule has 4 heteroatoms. The first-order chi connectivity index (χ1) is 13.6. The largest absolute Gasteiger partial charge is 0.462 e. The second-order valence-corrected chi connectivity index (χ2v) is 7.14. The number of carbonyl (C=O) groups excluding carboxylic acids is 1. The minimum atomic E-state index is -0.280. The summed E-state index contributed by atoms with van der Waals surface area (Å²) in [5, 5.41) is 0. The predicted molar refractivity (Wildman–Crippen MR) is 114 cm³/mol. The third kappa shape index (κ3) is 5.89. The van der Waals surface area contributed by atoms with E-state index >= 15 is 0 Å². The summed E-state index contributed by atoms with van der Waals surface area (Å²) in [7, 11) is 0. The van der Waals surface area contributed by atoms with Crippen LogP contribution in [0.2, 0.25) is 0 Å². The minimum absolute atomic E-state index is 0.261. The van der Waals surface area contributed by atoms with Crippen molar-refractivity contribution in [3.63, 3.8) is 0 Å². The number of likely N-dealkylation sites (tertiary alicyclic amines) is 1. The number of aromatic nitrogens is 1. The smallest absolute Gasteiger partial charge is 0.302 e. The van der Waals surface area contributed by atoms with Gasteiger partial charge in [0.25, 0.3) is 0 Å². The molecule has 1 aliphatic heterocycles. The van der Waals surface area contributed by atoms with Crippen molar-refractivity contribution in [2.24, 2.45) is 0 Å². The number of rotatable bonds is 7. The summed E-state index contributed by atoms with van der Waals surface area (Å²) < 4.78 is 4.95. The third-order valence-corrected chi connectivity index (χ3v) is 4.83. The highest BCUT2D eigenvalue weighted by Gasteiger charge is 2.12. The van der Waals surface area contributed by atoms with Gasteiger partial charge in [-0.1, -0.05) is 42.0 Å². The van der Waals surface area contributed by atoms with Crippen LogP contribution in [-0.4, -0.2) is 42.1 Å². The van der Waals surface area contributed by atoms with Crippen LogP contribution in [-0.2, 0) is 9.53 Å². The third-order valence-electron chi connectivity index (χ3n) is 4.83. The standard InChI is InChI=1S/C24H28N2O2/c1-19-10-12-21(13-11-19)23(14-17-26-15-3-4-16-26)24-9-5-7-22(25-24)8-6-18-28-20(2)27/h5-14H,3-4,15-18H2,1-2H3. The van der Waals surface area contributed by atoms with Gasteiger partial charge in [0.05, 0.1) is 11.4 Å². The van der Waals surface area contributed by atoms with Gasteiger partial charge in [0, 0.05) is 19.0 Å². The molecule has 0 amide bonds. The molecule has 1 saturated heterocycles. The SMILES string of the molecule is CC(=O)OCC=Cc1cccc(C(=CCN2CCCC2)c2ccc(C)cc2)n1. The van der Waals surface area contributed by atoms with Crippen LogP contribution in [0.5, 0.6) is 0 Å². The molecule has 3 rings (SSSR count). The van der Waals surface area contributed by atoms with Crippen LogP contribution >= 0.6 is 0 Å².